The molecule has 0 aromatic carbocycles. The van der Waals surface area contributed by atoms with E-state index in [0.29, 0.717) is 6.04 Å². The van der Waals surface area contributed by atoms with Crippen LogP contribution in [0.4, 0.5) is 0 Å². The molecule has 0 amide bonds. The molecule has 0 aromatic rings. The molecule has 1 fully saturated rings. The summed E-state index contributed by atoms with van der Waals surface area (Å²) in [5.74, 6) is 1.61. The van der Waals surface area contributed by atoms with Crippen LogP contribution in [0.15, 0.2) is 0 Å². The maximum atomic E-state index is 6.36. The molecule has 1 aliphatic rings. The van der Waals surface area contributed by atoms with Crippen LogP contribution in [-0.2, 0) is 4.74 Å². The molecule has 19 heavy (non-hydrogen) atoms. The Labute approximate surface area is 120 Å². The summed E-state index contributed by atoms with van der Waals surface area (Å²) in [5, 5.41) is 3.77. The van der Waals surface area contributed by atoms with Gasteiger partial charge in [0.2, 0.25) is 0 Å². The van der Waals surface area contributed by atoms with Crippen LogP contribution in [0.1, 0.15) is 73.1 Å². The third-order valence-corrected chi connectivity index (χ3v) is 5.06. The summed E-state index contributed by atoms with van der Waals surface area (Å²) in [5.41, 5.74) is 0.0912. The first-order valence-corrected chi connectivity index (χ1v) is 8.50. The molecule has 0 radical (unpaired) electrons. The molecule has 0 bridgehead atoms. The molecule has 1 aliphatic carbocycles. The predicted octanol–water partition coefficient (Wildman–Crippen LogP) is 4.39. The van der Waals surface area contributed by atoms with Crippen LogP contribution in [0.5, 0.6) is 0 Å². The zero-order valence-corrected chi connectivity index (χ0v) is 13.8. The van der Waals surface area contributed by atoms with Crippen molar-refractivity contribution in [3.8, 4) is 0 Å². The average molecular weight is 269 g/mol. The molecular weight excluding hydrogens is 234 g/mol. The van der Waals surface area contributed by atoms with Gasteiger partial charge in [-0.15, -0.1) is 0 Å². The molecule has 114 valence electrons. The molecule has 0 heterocycles. The predicted molar refractivity (Wildman–Crippen MR) is 83.5 cm³/mol. The normalized spacial score (nSPS) is 29.7. The monoisotopic (exact) mass is 269 g/mol. The average Bonchev–Trinajstić information content (AvgIpc) is 2.42. The van der Waals surface area contributed by atoms with Gasteiger partial charge in [-0.25, -0.2) is 0 Å². The van der Waals surface area contributed by atoms with Crippen LogP contribution in [0.3, 0.4) is 0 Å². The van der Waals surface area contributed by atoms with E-state index >= 15 is 0 Å². The fourth-order valence-corrected chi connectivity index (χ4v) is 3.85. The van der Waals surface area contributed by atoms with E-state index in [1.807, 2.05) is 0 Å². The molecule has 2 heteroatoms. The van der Waals surface area contributed by atoms with E-state index < -0.39 is 0 Å². The standard InChI is InChI=1S/C17H35NO/c1-6-15(7-2)16(18-8-3)17(19-9-4)12-10-14(5)11-13-17/h14-16,18H,6-13H2,1-5H3. The van der Waals surface area contributed by atoms with Gasteiger partial charge in [-0.05, 0) is 51.0 Å². The lowest BCUT2D eigenvalue weighted by Crippen LogP contribution is -2.57. The van der Waals surface area contributed by atoms with Crippen molar-refractivity contribution in [1.29, 1.82) is 0 Å². The number of hydrogen-bond donors (Lipinski definition) is 1. The van der Waals surface area contributed by atoms with Crippen molar-refractivity contribution in [3.63, 3.8) is 0 Å². The fourth-order valence-electron chi connectivity index (χ4n) is 3.85. The van der Waals surface area contributed by atoms with Crippen molar-refractivity contribution in [2.75, 3.05) is 13.2 Å². The van der Waals surface area contributed by atoms with Gasteiger partial charge in [0.1, 0.15) is 0 Å². The van der Waals surface area contributed by atoms with Crippen LogP contribution < -0.4 is 5.32 Å². The van der Waals surface area contributed by atoms with E-state index in [0.717, 1.165) is 25.0 Å². The van der Waals surface area contributed by atoms with Crippen LogP contribution in [-0.4, -0.2) is 24.8 Å². The van der Waals surface area contributed by atoms with Crippen LogP contribution in [0.25, 0.3) is 0 Å². The van der Waals surface area contributed by atoms with E-state index in [9.17, 15) is 0 Å². The molecule has 0 aromatic heterocycles. The molecule has 1 rings (SSSR count). The summed E-state index contributed by atoms with van der Waals surface area (Å²) in [4.78, 5) is 0. The Hall–Kier alpha value is -0.0800. The molecule has 0 aliphatic heterocycles. The van der Waals surface area contributed by atoms with E-state index in [2.05, 4.69) is 39.9 Å². The fraction of sp³-hybridized carbons (Fsp3) is 1.00. The SMILES string of the molecule is CCNC(C(CC)CC)C1(OCC)CCC(C)CC1. The van der Waals surface area contributed by atoms with Crippen LogP contribution >= 0.6 is 0 Å². The molecule has 1 saturated carbocycles. The van der Waals surface area contributed by atoms with Gasteiger partial charge in [0.05, 0.1) is 5.60 Å². The number of rotatable bonds is 8. The molecular formula is C17H35NO. The minimum Gasteiger partial charge on any atom is -0.374 e. The van der Waals surface area contributed by atoms with Crippen LogP contribution in [0, 0.1) is 11.8 Å². The van der Waals surface area contributed by atoms with Crippen molar-refractivity contribution in [2.45, 2.75) is 84.8 Å². The lowest BCUT2D eigenvalue weighted by Gasteiger charge is -2.48. The van der Waals surface area contributed by atoms with E-state index in [1.165, 1.54) is 38.5 Å². The second-order valence-electron chi connectivity index (χ2n) is 6.29. The van der Waals surface area contributed by atoms with Crippen molar-refractivity contribution in [2.24, 2.45) is 11.8 Å². The highest BCUT2D eigenvalue weighted by Crippen LogP contribution is 2.40. The topological polar surface area (TPSA) is 21.3 Å². The molecule has 2 nitrogen and oxygen atoms in total. The smallest absolute Gasteiger partial charge is 0.0837 e. The maximum Gasteiger partial charge on any atom is 0.0837 e. The zero-order chi connectivity index (χ0) is 14.3. The van der Waals surface area contributed by atoms with E-state index in [1.54, 1.807) is 0 Å². The van der Waals surface area contributed by atoms with Gasteiger partial charge in [0, 0.05) is 12.6 Å². The van der Waals surface area contributed by atoms with Gasteiger partial charge < -0.3 is 10.1 Å². The number of nitrogens with one attached hydrogen (secondary N) is 1. The second-order valence-corrected chi connectivity index (χ2v) is 6.29. The van der Waals surface area contributed by atoms with Gasteiger partial charge in [-0.1, -0.05) is 40.5 Å². The Bertz CT molecular complexity index is 229. The largest absolute Gasteiger partial charge is 0.374 e. The van der Waals surface area contributed by atoms with E-state index in [-0.39, 0.29) is 5.60 Å². The molecule has 1 atom stereocenters. The van der Waals surface area contributed by atoms with Gasteiger partial charge in [-0.3, -0.25) is 0 Å². The first-order valence-electron chi connectivity index (χ1n) is 8.50. The maximum absolute atomic E-state index is 6.36. The van der Waals surface area contributed by atoms with Gasteiger partial charge in [-0.2, -0.15) is 0 Å². The number of likely N-dealkylation sites (N-methyl/N-ethyl adjacent to an activating group) is 1. The Balaban J connectivity index is 2.90. The minimum atomic E-state index is 0.0912. The Kier molecular flexibility index (Phi) is 7.38. The Morgan fingerprint density at radius 1 is 1.11 bits per heavy atom. The van der Waals surface area contributed by atoms with Crippen molar-refractivity contribution in [3.05, 3.63) is 0 Å². The number of ether oxygens (including phenoxy) is 1. The quantitative estimate of drug-likeness (QED) is 0.706. The Morgan fingerprint density at radius 2 is 1.68 bits per heavy atom. The highest BCUT2D eigenvalue weighted by atomic mass is 16.5. The first kappa shape index (κ1) is 17.0. The lowest BCUT2D eigenvalue weighted by atomic mass is 9.70. The molecule has 0 spiro atoms. The number of hydrogen-bond acceptors (Lipinski definition) is 2. The minimum absolute atomic E-state index is 0.0912. The zero-order valence-electron chi connectivity index (χ0n) is 13.8. The van der Waals surface area contributed by atoms with E-state index in [4.69, 9.17) is 4.74 Å². The summed E-state index contributed by atoms with van der Waals surface area (Å²) in [7, 11) is 0. The summed E-state index contributed by atoms with van der Waals surface area (Å²) < 4.78 is 6.36. The highest BCUT2D eigenvalue weighted by Gasteiger charge is 2.44. The van der Waals surface area contributed by atoms with Gasteiger partial charge in [0.25, 0.3) is 0 Å². The lowest BCUT2D eigenvalue weighted by molar-refractivity contribution is -0.109. The Morgan fingerprint density at radius 3 is 2.11 bits per heavy atom. The third kappa shape index (κ3) is 4.19. The summed E-state index contributed by atoms with van der Waals surface area (Å²) in [6.45, 7) is 13.3. The summed E-state index contributed by atoms with van der Waals surface area (Å²) in [6, 6.07) is 0.528. The van der Waals surface area contributed by atoms with Gasteiger partial charge >= 0.3 is 0 Å². The van der Waals surface area contributed by atoms with Crippen molar-refractivity contribution >= 4 is 0 Å². The molecule has 1 N–H and O–H groups in total. The molecule has 1 unspecified atom stereocenters. The van der Waals surface area contributed by atoms with Crippen molar-refractivity contribution in [1.82, 2.24) is 5.32 Å². The summed E-state index contributed by atoms with van der Waals surface area (Å²) >= 11 is 0. The third-order valence-electron chi connectivity index (χ3n) is 5.06. The van der Waals surface area contributed by atoms with Gasteiger partial charge in [0.15, 0.2) is 0 Å². The van der Waals surface area contributed by atoms with Crippen LogP contribution in [0.2, 0.25) is 0 Å². The highest BCUT2D eigenvalue weighted by molar-refractivity contribution is 4.99. The first-order chi connectivity index (χ1) is 9.13. The molecule has 0 saturated heterocycles. The summed E-state index contributed by atoms with van der Waals surface area (Å²) in [6.07, 6.45) is 7.60. The van der Waals surface area contributed by atoms with Crippen molar-refractivity contribution < 1.29 is 4.74 Å². The second kappa shape index (κ2) is 8.26.